The van der Waals surface area contributed by atoms with Crippen LogP contribution in [0.25, 0.3) is 0 Å². The van der Waals surface area contributed by atoms with Crippen LogP contribution in [0.4, 0.5) is 0 Å². The minimum atomic E-state index is 0.779. The fourth-order valence-electron chi connectivity index (χ4n) is 0.625. The van der Waals surface area contributed by atoms with E-state index in [1.165, 1.54) is 0 Å². The van der Waals surface area contributed by atoms with Gasteiger partial charge in [0.2, 0.25) is 0 Å². The summed E-state index contributed by atoms with van der Waals surface area (Å²) in [7, 11) is 0. The molecule has 0 aliphatic heterocycles. The van der Waals surface area contributed by atoms with Crippen molar-refractivity contribution in [3.8, 4) is 6.07 Å². The third-order valence-corrected chi connectivity index (χ3v) is 3.32. The van der Waals surface area contributed by atoms with E-state index in [2.05, 4.69) is 12.6 Å². The number of hydrogen-bond acceptors (Lipinski definition) is 3. The van der Waals surface area contributed by atoms with Crippen molar-refractivity contribution < 1.29 is 0 Å². The molecule has 0 aliphatic rings. The Kier molecular flexibility index (Phi) is 3.21. The Balaban J connectivity index is 2.70. The highest BCUT2D eigenvalue weighted by Gasteiger charge is 2.01. The zero-order valence-electron chi connectivity index (χ0n) is 5.91. The van der Waals surface area contributed by atoms with Gasteiger partial charge >= 0.3 is 0 Å². The van der Waals surface area contributed by atoms with Crippen molar-refractivity contribution in [2.75, 3.05) is 5.75 Å². The SMILES string of the molecule is C=CCSc1sccc1C#N. The van der Waals surface area contributed by atoms with E-state index in [1.807, 2.05) is 17.5 Å². The summed E-state index contributed by atoms with van der Waals surface area (Å²) in [5.41, 5.74) is 0.779. The summed E-state index contributed by atoms with van der Waals surface area (Å²) in [4.78, 5) is 0. The lowest BCUT2D eigenvalue weighted by Crippen LogP contribution is -1.71. The van der Waals surface area contributed by atoms with Crippen molar-refractivity contribution in [3.63, 3.8) is 0 Å². The minimum Gasteiger partial charge on any atom is -0.192 e. The Morgan fingerprint density at radius 2 is 2.64 bits per heavy atom. The summed E-state index contributed by atoms with van der Waals surface area (Å²) in [6, 6.07) is 3.98. The fourth-order valence-corrected chi connectivity index (χ4v) is 2.37. The molecule has 1 aromatic heterocycles. The molecule has 3 heteroatoms. The van der Waals surface area contributed by atoms with Gasteiger partial charge in [-0.1, -0.05) is 6.08 Å². The first kappa shape index (κ1) is 8.38. The highest BCUT2D eigenvalue weighted by molar-refractivity contribution is 8.01. The van der Waals surface area contributed by atoms with E-state index in [0.29, 0.717) is 0 Å². The van der Waals surface area contributed by atoms with Gasteiger partial charge in [0.15, 0.2) is 0 Å². The molecule has 0 saturated carbocycles. The smallest absolute Gasteiger partial charge is 0.101 e. The zero-order chi connectivity index (χ0) is 8.10. The number of thioether (sulfide) groups is 1. The molecule has 0 atom stereocenters. The van der Waals surface area contributed by atoms with Gasteiger partial charge < -0.3 is 0 Å². The second-order valence-corrected chi connectivity index (χ2v) is 4.04. The topological polar surface area (TPSA) is 23.8 Å². The predicted octanol–water partition coefficient (Wildman–Crippen LogP) is 2.90. The van der Waals surface area contributed by atoms with E-state index in [0.717, 1.165) is 15.5 Å². The van der Waals surface area contributed by atoms with E-state index in [9.17, 15) is 0 Å². The van der Waals surface area contributed by atoms with Crippen LogP contribution >= 0.6 is 23.1 Å². The molecule has 1 nitrogen and oxygen atoms in total. The van der Waals surface area contributed by atoms with E-state index in [1.54, 1.807) is 23.1 Å². The predicted molar refractivity (Wildman–Crippen MR) is 50.0 cm³/mol. The molecule has 0 N–H and O–H groups in total. The second-order valence-electron chi connectivity index (χ2n) is 1.83. The molecule has 0 bridgehead atoms. The van der Waals surface area contributed by atoms with Gasteiger partial charge in [0.25, 0.3) is 0 Å². The van der Waals surface area contributed by atoms with Crippen LogP contribution in [0.2, 0.25) is 0 Å². The number of nitriles is 1. The largest absolute Gasteiger partial charge is 0.192 e. The highest BCUT2D eigenvalue weighted by atomic mass is 32.2. The molecule has 1 heterocycles. The van der Waals surface area contributed by atoms with E-state index in [-0.39, 0.29) is 0 Å². The van der Waals surface area contributed by atoms with Crippen LogP contribution in [0.3, 0.4) is 0 Å². The molecular weight excluding hydrogens is 174 g/mol. The monoisotopic (exact) mass is 181 g/mol. The molecule has 0 fully saturated rings. The van der Waals surface area contributed by atoms with Gasteiger partial charge in [-0.25, -0.2) is 0 Å². The quantitative estimate of drug-likeness (QED) is 0.529. The summed E-state index contributed by atoms with van der Waals surface area (Å²) in [5, 5.41) is 10.6. The molecule has 0 unspecified atom stereocenters. The Bertz CT molecular complexity index is 283. The molecule has 0 spiro atoms. The molecule has 1 aromatic rings. The number of rotatable bonds is 3. The summed E-state index contributed by atoms with van der Waals surface area (Å²) in [6.45, 7) is 3.62. The Morgan fingerprint density at radius 1 is 1.82 bits per heavy atom. The average molecular weight is 181 g/mol. The maximum absolute atomic E-state index is 8.62. The lowest BCUT2D eigenvalue weighted by atomic mass is 10.4. The van der Waals surface area contributed by atoms with Gasteiger partial charge in [0, 0.05) is 5.75 Å². The van der Waals surface area contributed by atoms with Crippen molar-refractivity contribution in [1.29, 1.82) is 5.26 Å². The molecule has 1 rings (SSSR count). The van der Waals surface area contributed by atoms with Crippen LogP contribution in [0.5, 0.6) is 0 Å². The molecule has 0 radical (unpaired) electrons. The van der Waals surface area contributed by atoms with Crippen molar-refractivity contribution in [1.82, 2.24) is 0 Å². The lowest BCUT2D eigenvalue weighted by Gasteiger charge is -1.91. The molecular formula is C8H7NS2. The molecule has 0 aromatic carbocycles. The second kappa shape index (κ2) is 4.22. The summed E-state index contributed by atoms with van der Waals surface area (Å²) in [6.07, 6.45) is 1.84. The van der Waals surface area contributed by atoms with E-state index < -0.39 is 0 Å². The maximum atomic E-state index is 8.62. The minimum absolute atomic E-state index is 0.779. The number of thiophene rings is 1. The van der Waals surface area contributed by atoms with Crippen LogP contribution in [-0.4, -0.2) is 5.75 Å². The van der Waals surface area contributed by atoms with E-state index in [4.69, 9.17) is 5.26 Å². The first-order chi connectivity index (χ1) is 5.38. The normalized spacial score (nSPS) is 9.00. The highest BCUT2D eigenvalue weighted by Crippen LogP contribution is 2.27. The third-order valence-electron chi connectivity index (χ3n) is 1.08. The summed E-state index contributed by atoms with van der Waals surface area (Å²) < 4.78 is 1.09. The number of hydrogen-bond donors (Lipinski definition) is 0. The number of nitrogens with zero attached hydrogens (tertiary/aromatic N) is 1. The van der Waals surface area contributed by atoms with Gasteiger partial charge in [-0.3, -0.25) is 0 Å². The zero-order valence-corrected chi connectivity index (χ0v) is 7.54. The molecule has 56 valence electrons. The third kappa shape index (κ3) is 2.11. The Hall–Kier alpha value is -0.720. The van der Waals surface area contributed by atoms with Crippen molar-refractivity contribution >= 4 is 23.1 Å². The van der Waals surface area contributed by atoms with Gasteiger partial charge in [-0.15, -0.1) is 29.7 Å². The van der Waals surface area contributed by atoms with Gasteiger partial charge in [-0.05, 0) is 11.4 Å². The van der Waals surface area contributed by atoms with Crippen LogP contribution in [-0.2, 0) is 0 Å². The van der Waals surface area contributed by atoms with Crippen LogP contribution in [0.15, 0.2) is 28.3 Å². The fraction of sp³-hybridized carbons (Fsp3) is 0.125. The van der Waals surface area contributed by atoms with Crippen molar-refractivity contribution in [2.24, 2.45) is 0 Å². The molecule has 0 amide bonds. The van der Waals surface area contributed by atoms with Gasteiger partial charge in [0.05, 0.1) is 9.77 Å². The molecule has 11 heavy (non-hydrogen) atoms. The average Bonchev–Trinajstić information content (AvgIpc) is 2.47. The van der Waals surface area contributed by atoms with Crippen LogP contribution in [0, 0.1) is 11.3 Å². The standard InChI is InChI=1S/C8H7NS2/c1-2-4-10-8-7(6-9)3-5-11-8/h2-3,5H,1,4H2. The summed E-state index contributed by atoms with van der Waals surface area (Å²) >= 11 is 3.26. The Morgan fingerprint density at radius 3 is 3.27 bits per heavy atom. The molecule has 0 aliphatic carbocycles. The van der Waals surface area contributed by atoms with Crippen molar-refractivity contribution in [2.45, 2.75) is 4.21 Å². The summed E-state index contributed by atoms with van der Waals surface area (Å²) in [5.74, 6) is 0.870. The molecule has 0 saturated heterocycles. The lowest BCUT2D eigenvalue weighted by molar-refractivity contribution is 1.47. The van der Waals surface area contributed by atoms with Crippen LogP contribution < -0.4 is 0 Å². The van der Waals surface area contributed by atoms with Crippen molar-refractivity contribution in [3.05, 3.63) is 29.7 Å². The maximum Gasteiger partial charge on any atom is 0.101 e. The van der Waals surface area contributed by atoms with E-state index >= 15 is 0 Å². The first-order valence-corrected chi connectivity index (χ1v) is 4.96. The first-order valence-electron chi connectivity index (χ1n) is 3.09. The van der Waals surface area contributed by atoms with Gasteiger partial charge in [-0.2, -0.15) is 5.26 Å². The van der Waals surface area contributed by atoms with Crippen LogP contribution in [0.1, 0.15) is 5.56 Å². The Labute approximate surface area is 74.4 Å². The van der Waals surface area contributed by atoms with Gasteiger partial charge in [0.1, 0.15) is 6.07 Å².